The van der Waals surface area contributed by atoms with Crippen LogP contribution in [0.3, 0.4) is 0 Å². The van der Waals surface area contributed by atoms with Gasteiger partial charge < -0.3 is 0 Å². The summed E-state index contributed by atoms with van der Waals surface area (Å²) in [6.07, 6.45) is 6.30. The molecular weight excluding hydrogens is 248 g/mol. The molecule has 0 radical (unpaired) electrons. The second-order valence-electron chi connectivity index (χ2n) is 8.13. The Morgan fingerprint density at radius 2 is 1.65 bits per heavy atom. The van der Waals surface area contributed by atoms with E-state index < -0.39 is 0 Å². The first kappa shape index (κ1) is 13.0. The van der Waals surface area contributed by atoms with Gasteiger partial charge in [-0.3, -0.25) is 9.59 Å². The SMILES string of the molecule is CC1CC2CC(C)C3CCC(=O)C4CCC(C1=O)C2C43. The maximum absolute atomic E-state index is 12.6. The summed E-state index contributed by atoms with van der Waals surface area (Å²) in [5, 5.41) is 0. The van der Waals surface area contributed by atoms with Crippen molar-refractivity contribution in [3.8, 4) is 0 Å². The van der Waals surface area contributed by atoms with Gasteiger partial charge in [0, 0.05) is 24.2 Å². The lowest BCUT2D eigenvalue weighted by Gasteiger charge is -2.58. The molecule has 0 saturated heterocycles. The average molecular weight is 274 g/mol. The van der Waals surface area contributed by atoms with Crippen LogP contribution in [0.4, 0.5) is 0 Å². The summed E-state index contributed by atoms with van der Waals surface area (Å²) in [6.45, 7) is 4.53. The average Bonchev–Trinajstić information content (AvgIpc) is 2.43. The molecule has 0 amide bonds. The fraction of sp³-hybridized carbons (Fsp3) is 0.889. The van der Waals surface area contributed by atoms with Gasteiger partial charge >= 0.3 is 0 Å². The van der Waals surface area contributed by atoms with Crippen LogP contribution < -0.4 is 0 Å². The van der Waals surface area contributed by atoms with E-state index >= 15 is 0 Å². The van der Waals surface area contributed by atoms with Crippen LogP contribution in [0.5, 0.6) is 0 Å². The first-order valence-electron chi connectivity index (χ1n) is 8.64. The fourth-order valence-electron chi connectivity index (χ4n) is 6.56. The Balaban J connectivity index is 1.74. The Labute approximate surface area is 121 Å². The molecule has 2 heteroatoms. The molecule has 4 rings (SSSR count). The molecule has 20 heavy (non-hydrogen) atoms. The summed E-state index contributed by atoms with van der Waals surface area (Å²) < 4.78 is 0. The van der Waals surface area contributed by atoms with Gasteiger partial charge in [-0.05, 0) is 61.7 Å². The minimum atomic E-state index is 0.265. The summed E-state index contributed by atoms with van der Waals surface area (Å²) in [6, 6.07) is 0. The smallest absolute Gasteiger partial charge is 0.139 e. The quantitative estimate of drug-likeness (QED) is 0.677. The Bertz CT molecular complexity index is 454. The van der Waals surface area contributed by atoms with E-state index in [4.69, 9.17) is 0 Å². The van der Waals surface area contributed by atoms with E-state index in [0.717, 1.165) is 49.9 Å². The van der Waals surface area contributed by atoms with E-state index in [1.807, 2.05) is 0 Å². The van der Waals surface area contributed by atoms with Crippen molar-refractivity contribution in [3.63, 3.8) is 0 Å². The molecule has 0 N–H and O–H groups in total. The van der Waals surface area contributed by atoms with E-state index in [2.05, 4.69) is 13.8 Å². The number of carbonyl (C=O) groups is 2. The first-order chi connectivity index (χ1) is 9.58. The van der Waals surface area contributed by atoms with E-state index in [-0.39, 0.29) is 5.92 Å². The van der Waals surface area contributed by atoms with Gasteiger partial charge in [0.15, 0.2) is 0 Å². The van der Waals surface area contributed by atoms with Crippen LogP contribution >= 0.6 is 0 Å². The zero-order valence-electron chi connectivity index (χ0n) is 12.7. The molecule has 4 fully saturated rings. The number of Topliss-reactive ketones (excluding diaryl/α,β-unsaturated/α-hetero) is 2. The normalized spacial score (nSPS) is 54.5. The van der Waals surface area contributed by atoms with Crippen LogP contribution in [0.15, 0.2) is 0 Å². The number of hydrogen-bond donors (Lipinski definition) is 0. The van der Waals surface area contributed by atoms with Crippen molar-refractivity contribution >= 4 is 11.6 Å². The standard InChI is InChI=1S/C18H26O2/c1-9-7-11-8-10(2)18(20)14-4-3-13-15(19)6-5-12(9)17(13)16(11)14/h9-14,16-17H,3-8H2,1-2H3. The van der Waals surface area contributed by atoms with Crippen molar-refractivity contribution in [1.29, 1.82) is 0 Å². The molecule has 0 bridgehead atoms. The fourth-order valence-corrected chi connectivity index (χ4v) is 6.56. The molecule has 0 aromatic heterocycles. The van der Waals surface area contributed by atoms with Crippen molar-refractivity contribution < 1.29 is 9.59 Å². The highest BCUT2D eigenvalue weighted by molar-refractivity contribution is 5.86. The van der Waals surface area contributed by atoms with E-state index in [9.17, 15) is 9.59 Å². The largest absolute Gasteiger partial charge is 0.299 e. The van der Waals surface area contributed by atoms with Crippen LogP contribution in [0.1, 0.15) is 52.4 Å². The molecular formula is C18H26O2. The summed E-state index contributed by atoms with van der Waals surface area (Å²) in [5.41, 5.74) is 0. The molecule has 110 valence electrons. The van der Waals surface area contributed by atoms with E-state index in [0.29, 0.717) is 35.2 Å². The Morgan fingerprint density at radius 1 is 0.900 bits per heavy atom. The molecule has 4 saturated carbocycles. The molecule has 4 aliphatic rings. The Kier molecular flexibility index (Phi) is 2.88. The van der Waals surface area contributed by atoms with Crippen LogP contribution in [-0.2, 0) is 9.59 Å². The molecule has 0 spiro atoms. The zero-order valence-corrected chi connectivity index (χ0v) is 12.7. The van der Waals surface area contributed by atoms with Crippen molar-refractivity contribution in [2.75, 3.05) is 0 Å². The Morgan fingerprint density at radius 3 is 2.45 bits per heavy atom. The number of carbonyl (C=O) groups excluding carboxylic acids is 2. The molecule has 8 atom stereocenters. The van der Waals surface area contributed by atoms with Gasteiger partial charge in [-0.15, -0.1) is 0 Å². The first-order valence-corrected chi connectivity index (χ1v) is 8.64. The van der Waals surface area contributed by atoms with Crippen LogP contribution in [0.25, 0.3) is 0 Å². The molecule has 8 unspecified atom stereocenters. The van der Waals surface area contributed by atoms with Gasteiger partial charge in [-0.2, -0.15) is 0 Å². The third kappa shape index (κ3) is 1.63. The van der Waals surface area contributed by atoms with Crippen molar-refractivity contribution in [2.24, 2.45) is 47.3 Å². The molecule has 0 heterocycles. The predicted molar refractivity (Wildman–Crippen MR) is 77.0 cm³/mol. The summed E-state index contributed by atoms with van der Waals surface area (Å²) in [5.74, 6) is 5.23. The van der Waals surface area contributed by atoms with E-state index in [1.54, 1.807) is 0 Å². The van der Waals surface area contributed by atoms with Gasteiger partial charge in [0.1, 0.15) is 11.6 Å². The maximum atomic E-state index is 12.6. The molecule has 0 aliphatic heterocycles. The minimum absolute atomic E-state index is 0.265. The molecule has 0 aromatic carbocycles. The van der Waals surface area contributed by atoms with Crippen LogP contribution in [0.2, 0.25) is 0 Å². The van der Waals surface area contributed by atoms with Gasteiger partial charge in [-0.1, -0.05) is 13.8 Å². The van der Waals surface area contributed by atoms with Crippen molar-refractivity contribution in [2.45, 2.75) is 52.4 Å². The lowest BCUT2D eigenvalue weighted by Crippen LogP contribution is -2.57. The minimum Gasteiger partial charge on any atom is -0.299 e. The summed E-state index contributed by atoms with van der Waals surface area (Å²) in [7, 11) is 0. The van der Waals surface area contributed by atoms with Crippen molar-refractivity contribution in [1.82, 2.24) is 0 Å². The second kappa shape index (κ2) is 4.42. The second-order valence-corrected chi connectivity index (χ2v) is 8.13. The summed E-state index contributed by atoms with van der Waals surface area (Å²) >= 11 is 0. The molecule has 0 aromatic rings. The van der Waals surface area contributed by atoms with Gasteiger partial charge in [0.05, 0.1) is 0 Å². The third-order valence-corrected chi connectivity index (χ3v) is 7.25. The monoisotopic (exact) mass is 274 g/mol. The Hall–Kier alpha value is -0.660. The van der Waals surface area contributed by atoms with E-state index in [1.165, 1.54) is 6.42 Å². The summed E-state index contributed by atoms with van der Waals surface area (Å²) in [4.78, 5) is 24.9. The highest BCUT2D eigenvalue weighted by atomic mass is 16.1. The highest BCUT2D eigenvalue weighted by Gasteiger charge is 2.58. The third-order valence-electron chi connectivity index (χ3n) is 7.25. The topological polar surface area (TPSA) is 34.1 Å². The maximum Gasteiger partial charge on any atom is 0.139 e. The lowest BCUT2D eigenvalue weighted by molar-refractivity contribution is -0.159. The molecule has 4 aliphatic carbocycles. The lowest BCUT2D eigenvalue weighted by atomic mass is 9.45. The highest BCUT2D eigenvalue weighted by Crippen LogP contribution is 2.60. The predicted octanol–water partition coefficient (Wildman–Crippen LogP) is 3.49. The zero-order chi connectivity index (χ0) is 14.0. The van der Waals surface area contributed by atoms with Crippen LogP contribution in [-0.4, -0.2) is 11.6 Å². The number of hydrogen-bond acceptors (Lipinski definition) is 2. The van der Waals surface area contributed by atoms with Crippen molar-refractivity contribution in [3.05, 3.63) is 0 Å². The number of rotatable bonds is 0. The number of ketones is 2. The van der Waals surface area contributed by atoms with Crippen LogP contribution in [0, 0.1) is 47.3 Å². The van der Waals surface area contributed by atoms with Gasteiger partial charge in [0.25, 0.3) is 0 Å². The van der Waals surface area contributed by atoms with Gasteiger partial charge in [0.2, 0.25) is 0 Å². The molecule has 2 nitrogen and oxygen atoms in total. The van der Waals surface area contributed by atoms with Gasteiger partial charge in [-0.25, -0.2) is 0 Å².